The maximum absolute atomic E-state index is 5.43. The lowest BCUT2D eigenvalue weighted by Gasteiger charge is -2.34. The van der Waals surface area contributed by atoms with Gasteiger partial charge < -0.3 is 15.4 Å². The summed E-state index contributed by atoms with van der Waals surface area (Å²) in [5, 5.41) is 7.10. The Morgan fingerprint density at radius 2 is 2.00 bits per heavy atom. The van der Waals surface area contributed by atoms with Crippen LogP contribution in [-0.4, -0.2) is 18.8 Å². The van der Waals surface area contributed by atoms with E-state index in [-0.39, 0.29) is 5.54 Å². The van der Waals surface area contributed by atoms with E-state index < -0.39 is 0 Å². The van der Waals surface area contributed by atoms with Crippen LogP contribution in [0.2, 0.25) is 0 Å². The van der Waals surface area contributed by atoms with E-state index in [9.17, 15) is 0 Å². The fourth-order valence-corrected chi connectivity index (χ4v) is 2.77. The summed E-state index contributed by atoms with van der Waals surface area (Å²) in [6, 6.07) is 6.85. The van der Waals surface area contributed by atoms with E-state index in [0.29, 0.717) is 0 Å². The van der Waals surface area contributed by atoms with Gasteiger partial charge in [-0.3, -0.25) is 0 Å². The first kappa shape index (κ1) is 12.2. The monoisotopic (exact) mass is 246 g/mol. The minimum Gasteiger partial charge on any atom is -0.381 e. The molecule has 0 radical (unpaired) electrons. The average molecular weight is 246 g/mol. The second-order valence-electron chi connectivity index (χ2n) is 5.73. The number of benzene rings is 1. The summed E-state index contributed by atoms with van der Waals surface area (Å²) in [6.07, 6.45) is 2.22. The molecule has 2 heterocycles. The minimum atomic E-state index is 0.246. The molecule has 1 fully saturated rings. The fourth-order valence-electron chi connectivity index (χ4n) is 2.77. The lowest BCUT2D eigenvalue weighted by molar-refractivity contribution is 0.0446. The molecular formula is C15H22N2O. The molecule has 0 atom stereocenters. The molecule has 3 nitrogen and oxygen atoms in total. The highest BCUT2D eigenvalue weighted by atomic mass is 16.5. The molecular weight excluding hydrogens is 224 g/mol. The zero-order valence-electron chi connectivity index (χ0n) is 11.1. The second-order valence-corrected chi connectivity index (χ2v) is 5.73. The molecule has 3 heteroatoms. The Morgan fingerprint density at radius 1 is 1.22 bits per heavy atom. The summed E-state index contributed by atoms with van der Waals surface area (Å²) in [7, 11) is 0. The van der Waals surface area contributed by atoms with E-state index in [1.54, 1.807) is 0 Å². The van der Waals surface area contributed by atoms with Gasteiger partial charge >= 0.3 is 0 Å². The Balaban J connectivity index is 1.62. The third-order valence-corrected chi connectivity index (χ3v) is 4.22. The molecule has 1 saturated heterocycles. The third kappa shape index (κ3) is 2.58. The van der Waals surface area contributed by atoms with Crippen molar-refractivity contribution in [1.29, 1.82) is 0 Å². The molecule has 2 aliphatic rings. The lowest BCUT2D eigenvalue weighted by atomic mass is 9.92. The molecule has 18 heavy (non-hydrogen) atoms. The topological polar surface area (TPSA) is 33.3 Å². The number of fused-ring (bicyclic) bond motifs is 1. The normalized spacial score (nSPS) is 21.8. The first-order valence-corrected chi connectivity index (χ1v) is 6.89. The maximum Gasteiger partial charge on any atom is 0.0483 e. The summed E-state index contributed by atoms with van der Waals surface area (Å²) in [4.78, 5) is 0. The molecule has 98 valence electrons. The molecule has 1 aromatic rings. The van der Waals surface area contributed by atoms with Crippen molar-refractivity contribution in [2.75, 3.05) is 13.2 Å². The predicted molar refractivity (Wildman–Crippen MR) is 72.3 cm³/mol. The van der Waals surface area contributed by atoms with Crippen LogP contribution in [0.1, 0.15) is 36.5 Å². The molecule has 0 spiro atoms. The van der Waals surface area contributed by atoms with E-state index >= 15 is 0 Å². The van der Waals surface area contributed by atoms with Gasteiger partial charge in [-0.2, -0.15) is 0 Å². The largest absolute Gasteiger partial charge is 0.381 e. The Labute approximate surface area is 109 Å². The van der Waals surface area contributed by atoms with Crippen molar-refractivity contribution in [3.8, 4) is 0 Å². The standard InChI is InChI=1S/C15H22N2O/c1-15(4-6-18-7-5-15)17-9-12-2-3-13-10-16-11-14(13)8-12/h2-3,8,16-17H,4-7,9-11H2,1H3. The van der Waals surface area contributed by atoms with Crippen LogP contribution < -0.4 is 10.6 Å². The van der Waals surface area contributed by atoms with Gasteiger partial charge in [0.2, 0.25) is 0 Å². The molecule has 0 bridgehead atoms. The van der Waals surface area contributed by atoms with E-state index in [2.05, 4.69) is 35.8 Å². The van der Waals surface area contributed by atoms with E-state index in [1.165, 1.54) is 16.7 Å². The number of rotatable bonds is 3. The van der Waals surface area contributed by atoms with Crippen LogP contribution in [0.15, 0.2) is 18.2 Å². The quantitative estimate of drug-likeness (QED) is 0.855. The van der Waals surface area contributed by atoms with Crippen molar-refractivity contribution in [2.24, 2.45) is 0 Å². The minimum absolute atomic E-state index is 0.246. The Hall–Kier alpha value is -0.900. The second kappa shape index (κ2) is 5.00. The van der Waals surface area contributed by atoms with Crippen molar-refractivity contribution in [3.05, 3.63) is 34.9 Å². The number of hydrogen-bond donors (Lipinski definition) is 2. The van der Waals surface area contributed by atoms with Crippen LogP contribution in [0, 0.1) is 0 Å². The van der Waals surface area contributed by atoms with Gasteiger partial charge in [-0.1, -0.05) is 18.2 Å². The van der Waals surface area contributed by atoms with Crippen molar-refractivity contribution in [1.82, 2.24) is 10.6 Å². The van der Waals surface area contributed by atoms with Gasteiger partial charge in [0.25, 0.3) is 0 Å². The molecule has 2 N–H and O–H groups in total. The van der Waals surface area contributed by atoms with Crippen LogP contribution in [0.25, 0.3) is 0 Å². The van der Waals surface area contributed by atoms with Gasteiger partial charge in [-0.15, -0.1) is 0 Å². The molecule has 0 saturated carbocycles. The van der Waals surface area contributed by atoms with Gasteiger partial charge in [0.05, 0.1) is 0 Å². The van der Waals surface area contributed by atoms with Crippen molar-refractivity contribution in [2.45, 2.75) is 44.9 Å². The predicted octanol–water partition coefficient (Wildman–Crippen LogP) is 1.95. The zero-order valence-corrected chi connectivity index (χ0v) is 11.1. The molecule has 0 aromatic heterocycles. The number of nitrogens with one attached hydrogen (secondary N) is 2. The molecule has 0 unspecified atom stereocenters. The van der Waals surface area contributed by atoms with E-state index in [0.717, 1.165) is 45.7 Å². The Bertz CT molecular complexity index is 425. The van der Waals surface area contributed by atoms with Gasteiger partial charge in [-0.25, -0.2) is 0 Å². The van der Waals surface area contributed by atoms with Crippen LogP contribution >= 0.6 is 0 Å². The molecule has 0 amide bonds. The highest BCUT2D eigenvalue weighted by Crippen LogP contribution is 2.21. The van der Waals surface area contributed by atoms with Gasteiger partial charge in [-0.05, 0) is 36.5 Å². The van der Waals surface area contributed by atoms with Gasteiger partial charge in [0, 0.05) is 38.4 Å². The number of hydrogen-bond acceptors (Lipinski definition) is 3. The summed E-state index contributed by atoms with van der Waals surface area (Å²) in [5.41, 5.74) is 4.56. The SMILES string of the molecule is CC1(NCc2ccc3c(c2)CNC3)CCOCC1. The smallest absolute Gasteiger partial charge is 0.0483 e. The Kier molecular flexibility index (Phi) is 3.37. The van der Waals surface area contributed by atoms with E-state index in [1.807, 2.05) is 0 Å². The number of ether oxygens (including phenoxy) is 1. The van der Waals surface area contributed by atoms with Crippen LogP contribution in [0.5, 0.6) is 0 Å². The zero-order chi connectivity index (χ0) is 12.4. The van der Waals surface area contributed by atoms with Crippen molar-refractivity contribution < 1.29 is 4.74 Å². The summed E-state index contributed by atoms with van der Waals surface area (Å²) < 4.78 is 5.43. The van der Waals surface area contributed by atoms with E-state index in [4.69, 9.17) is 4.74 Å². The van der Waals surface area contributed by atoms with Crippen molar-refractivity contribution >= 4 is 0 Å². The van der Waals surface area contributed by atoms with Crippen LogP contribution in [0.3, 0.4) is 0 Å². The summed E-state index contributed by atoms with van der Waals surface area (Å²) in [5.74, 6) is 0. The average Bonchev–Trinajstić information content (AvgIpc) is 2.85. The van der Waals surface area contributed by atoms with Crippen molar-refractivity contribution in [3.63, 3.8) is 0 Å². The highest BCUT2D eigenvalue weighted by Gasteiger charge is 2.26. The summed E-state index contributed by atoms with van der Waals surface area (Å²) >= 11 is 0. The molecule has 3 rings (SSSR count). The third-order valence-electron chi connectivity index (χ3n) is 4.22. The molecule has 1 aromatic carbocycles. The van der Waals surface area contributed by atoms with Crippen LogP contribution in [0.4, 0.5) is 0 Å². The fraction of sp³-hybridized carbons (Fsp3) is 0.600. The first-order valence-electron chi connectivity index (χ1n) is 6.89. The Morgan fingerprint density at radius 3 is 2.83 bits per heavy atom. The molecule has 2 aliphatic heterocycles. The van der Waals surface area contributed by atoms with Crippen LogP contribution in [-0.2, 0) is 24.4 Å². The highest BCUT2D eigenvalue weighted by molar-refractivity contribution is 5.34. The first-order chi connectivity index (χ1) is 8.75. The lowest BCUT2D eigenvalue weighted by Crippen LogP contribution is -2.46. The van der Waals surface area contributed by atoms with Gasteiger partial charge in [0.15, 0.2) is 0 Å². The maximum atomic E-state index is 5.43. The van der Waals surface area contributed by atoms with Gasteiger partial charge in [0.1, 0.15) is 0 Å². The molecule has 0 aliphatic carbocycles. The summed E-state index contributed by atoms with van der Waals surface area (Å²) in [6.45, 7) is 7.09.